The lowest BCUT2D eigenvalue weighted by Crippen LogP contribution is -2.61. The summed E-state index contributed by atoms with van der Waals surface area (Å²) in [5, 5.41) is 10.8. The highest BCUT2D eigenvalue weighted by Crippen LogP contribution is 2.30. The van der Waals surface area contributed by atoms with Crippen molar-refractivity contribution in [3.8, 4) is 0 Å². The second-order valence-corrected chi connectivity index (χ2v) is 10.8. The summed E-state index contributed by atoms with van der Waals surface area (Å²) in [6, 6.07) is 24.9. The largest absolute Gasteiger partial charge is 0.454 e. The monoisotopic (exact) mass is 556 g/mol. The number of aliphatic hydroxyl groups excluding tert-OH is 1. The van der Waals surface area contributed by atoms with E-state index in [9.17, 15) is 18.3 Å². The number of aliphatic hydroxyl groups is 1. The third kappa shape index (κ3) is 7.95. The van der Waals surface area contributed by atoms with E-state index < -0.39 is 53.4 Å². The number of carbonyl (C=O) groups excluding carboxylic acids is 1. The Hall–Kier alpha value is -3.12. The number of carbonyl (C=O) groups is 1. The minimum absolute atomic E-state index is 0.0131. The smallest absolute Gasteiger partial charge is 0.303 e. The minimum Gasteiger partial charge on any atom is -0.454 e. The molecule has 1 aliphatic heterocycles. The lowest BCUT2D eigenvalue weighted by Gasteiger charge is -2.43. The Morgan fingerprint density at radius 1 is 0.821 bits per heavy atom. The average molecular weight is 557 g/mol. The summed E-state index contributed by atoms with van der Waals surface area (Å²) in [4.78, 5) is 11.9. The Kier molecular flexibility index (Phi) is 9.84. The first-order chi connectivity index (χ1) is 18.7. The van der Waals surface area contributed by atoms with Crippen molar-refractivity contribution in [2.24, 2.45) is 0 Å². The quantitative estimate of drug-likeness (QED) is 0.280. The molecule has 208 valence electrons. The highest BCUT2D eigenvalue weighted by atomic mass is 32.2. The Balaban J connectivity index is 1.59. The maximum absolute atomic E-state index is 12.9. The van der Waals surface area contributed by atoms with Gasteiger partial charge in [-0.15, -0.1) is 0 Å². The zero-order chi connectivity index (χ0) is 27.8. The molecule has 0 saturated carbocycles. The van der Waals surface area contributed by atoms with Crippen molar-refractivity contribution in [1.29, 1.82) is 0 Å². The summed E-state index contributed by atoms with van der Waals surface area (Å²) in [5.74, 6) is -0.644. The van der Waals surface area contributed by atoms with E-state index in [0.29, 0.717) is 0 Å². The van der Waals surface area contributed by atoms with Crippen LogP contribution >= 0.6 is 0 Å². The van der Waals surface area contributed by atoms with Gasteiger partial charge in [0.15, 0.2) is 12.4 Å². The number of aryl methyl sites for hydroxylation is 1. The van der Waals surface area contributed by atoms with Gasteiger partial charge in [-0.05, 0) is 30.2 Å². The van der Waals surface area contributed by atoms with Gasteiger partial charge < -0.3 is 24.1 Å². The van der Waals surface area contributed by atoms with Crippen LogP contribution in [-0.2, 0) is 51.3 Å². The highest BCUT2D eigenvalue weighted by molar-refractivity contribution is 7.86. The second-order valence-electron chi connectivity index (χ2n) is 9.21. The standard InChI is InChI=1S/C29H32O9S/c1-20-13-15-24(16-14-20)39(32,33)36-19-25-26(34-17-22-9-5-3-6-10-22)27(28(29(31)38-25)37-21(2)30)35-18-23-11-7-4-8-12-23/h3-16,25-29,31H,17-19H2,1-2H3/t25-,26-,27+,28+,29+/m1/s1. The predicted molar refractivity (Wildman–Crippen MR) is 141 cm³/mol. The van der Waals surface area contributed by atoms with Gasteiger partial charge in [0.1, 0.15) is 18.3 Å². The van der Waals surface area contributed by atoms with E-state index in [1.807, 2.05) is 67.6 Å². The van der Waals surface area contributed by atoms with Crippen molar-refractivity contribution in [1.82, 2.24) is 0 Å². The summed E-state index contributed by atoms with van der Waals surface area (Å²) < 4.78 is 54.6. The maximum atomic E-state index is 12.9. The molecule has 39 heavy (non-hydrogen) atoms. The molecule has 0 unspecified atom stereocenters. The van der Waals surface area contributed by atoms with Crippen molar-refractivity contribution in [2.45, 2.75) is 62.7 Å². The zero-order valence-corrected chi connectivity index (χ0v) is 22.5. The molecule has 10 heteroatoms. The third-order valence-electron chi connectivity index (χ3n) is 6.18. The van der Waals surface area contributed by atoms with Crippen molar-refractivity contribution >= 4 is 16.1 Å². The van der Waals surface area contributed by atoms with Gasteiger partial charge in [0, 0.05) is 6.92 Å². The number of esters is 1. The molecule has 1 saturated heterocycles. The van der Waals surface area contributed by atoms with E-state index in [-0.39, 0.29) is 18.1 Å². The van der Waals surface area contributed by atoms with E-state index in [4.69, 9.17) is 23.1 Å². The van der Waals surface area contributed by atoms with Crippen molar-refractivity contribution in [3.63, 3.8) is 0 Å². The lowest BCUT2D eigenvalue weighted by molar-refractivity contribution is -0.306. The molecule has 0 bridgehead atoms. The first-order valence-corrected chi connectivity index (χ1v) is 13.9. The highest BCUT2D eigenvalue weighted by Gasteiger charge is 2.49. The average Bonchev–Trinajstić information content (AvgIpc) is 2.93. The Labute approximate surface area is 228 Å². The number of rotatable bonds is 11. The number of hydrogen-bond acceptors (Lipinski definition) is 9. The fourth-order valence-corrected chi connectivity index (χ4v) is 5.12. The first-order valence-electron chi connectivity index (χ1n) is 12.5. The molecule has 0 aromatic heterocycles. The molecule has 1 heterocycles. The molecule has 9 nitrogen and oxygen atoms in total. The summed E-state index contributed by atoms with van der Waals surface area (Å²) >= 11 is 0. The van der Waals surface area contributed by atoms with E-state index >= 15 is 0 Å². The Bertz CT molecular complexity index is 1300. The lowest BCUT2D eigenvalue weighted by atomic mass is 9.98. The van der Waals surface area contributed by atoms with Gasteiger partial charge in [-0.25, -0.2) is 0 Å². The van der Waals surface area contributed by atoms with Crippen LogP contribution in [0.15, 0.2) is 89.8 Å². The predicted octanol–water partition coefficient (Wildman–Crippen LogP) is 3.52. The van der Waals surface area contributed by atoms with Crippen LogP contribution in [-0.4, -0.2) is 56.8 Å². The molecule has 3 aromatic rings. The van der Waals surface area contributed by atoms with Crippen LogP contribution in [0.3, 0.4) is 0 Å². The van der Waals surface area contributed by atoms with Crippen LogP contribution in [0.5, 0.6) is 0 Å². The van der Waals surface area contributed by atoms with Gasteiger partial charge in [0.2, 0.25) is 0 Å². The van der Waals surface area contributed by atoms with Crippen LogP contribution in [0.1, 0.15) is 23.6 Å². The summed E-state index contributed by atoms with van der Waals surface area (Å²) in [7, 11) is -4.13. The Morgan fingerprint density at radius 3 is 1.90 bits per heavy atom. The molecule has 1 N–H and O–H groups in total. The molecule has 0 amide bonds. The Morgan fingerprint density at radius 2 is 1.36 bits per heavy atom. The van der Waals surface area contributed by atoms with Gasteiger partial charge in [-0.2, -0.15) is 8.42 Å². The summed E-state index contributed by atoms with van der Waals surface area (Å²) in [5.41, 5.74) is 2.59. The third-order valence-corrected chi connectivity index (χ3v) is 7.47. The summed E-state index contributed by atoms with van der Waals surface area (Å²) in [6.07, 6.45) is -5.87. The van der Waals surface area contributed by atoms with Gasteiger partial charge >= 0.3 is 5.97 Å². The first kappa shape index (κ1) is 28.9. The number of benzene rings is 3. The minimum atomic E-state index is -4.13. The van der Waals surface area contributed by atoms with Gasteiger partial charge in [0.25, 0.3) is 10.1 Å². The SMILES string of the molecule is CC(=O)O[C@H]1[C@@H](OCc2ccccc2)[C@H](OCc2ccccc2)[C@@H](COS(=O)(=O)c2ccc(C)cc2)O[C@@H]1O. The van der Waals surface area contributed by atoms with E-state index in [1.54, 1.807) is 12.1 Å². The molecule has 5 atom stereocenters. The van der Waals surface area contributed by atoms with E-state index in [0.717, 1.165) is 16.7 Å². The van der Waals surface area contributed by atoms with Gasteiger partial charge in [-0.3, -0.25) is 8.98 Å². The number of hydrogen-bond donors (Lipinski definition) is 1. The van der Waals surface area contributed by atoms with Crippen molar-refractivity contribution in [2.75, 3.05) is 6.61 Å². The summed E-state index contributed by atoms with van der Waals surface area (Å²) in [6.45, 7) is 2.84. The van der Waals surface area contributed by atoms with Crippen LogP contribution in [0.25, 0.3) is 0 Å². The molecule has 1 fully saturated rings. The fraction of sp³-hybridized carbons (Fsp3) is 0.345. The molecule has 0 radical (unpaired) electrons. The van der Waals surface area contributed by atoms with Crippen molar-refractivity contribution < 1.29 is 41.4 Å². The molecule has 4 rings (SSSR count). The van der Waals surface area contributed by atoms with Crippen LogP contribution in [0.4, 0.5) is 0 Å². The normalized spacial score (nSPS) is 23.3. The molecular weight excluding hydrogens is 524 g/mol. The van der Waals surface area contributed by atoms with Crippen LogP contribution in [0, 0.1) is 6.92 Å². The maximum Gasteiger partial charge on any atom is 0.303 e. The zero-order valence-electron chi connectivity index (χ0n) is 21.7. The molecule has 0 aliphatic carbocycles. The molecule has 0 spiro atoms. The number of ether oxygens (including phenoxy) is 4. The van der Waals surface area contributed by atoms with Gasteiger partial charge in [-0.1, -0.05) is 78.4 Å². The van der Waals surface area contributed by atoms with Crippen LogP contribution < -0.4 is 0 Å². The van der Waals surface area contributed by atoms with E-state index in [1.165, 1.54) is 19.1 Å². The fourth-order valence-electron chi connectivity index (χ4n) is 4.20. The van der Waals surface area contributed by atoms with Crippen molar-refractivity contribution in [3.05, 3.63) is 102 Å². The van der Waals surface area contributed by atoms with Crippen LogP contribution in [0.2, 0.25) is 0 Å². The van der Waals surface area contributed by atoms with Gasteiger partial charge in [0.05, 0.1) is 24.7 Å². The second kappa shape index (κ2) is 13.3. The molecular formula is C29H32O9S. The molecule has 3 aromatic carbocycles. The molecule has 1 aliphatic rings. The van der Waals surface area contributed by atoms with E-state index in [2.05, 4.69) is 0 Å². The topological polar surface area (TPSA) is 118 Å².